The van der Waals surface area contributed by atoms with E-state index in [9.17, 15) is 5.11 Å². The summed E-state index contributed by atoms with van der Waals surface area (Å²) in [5.41, 5.74) is 3.32. The maximum absolute atomic E-state index is 9.69. The Labute approximate surface area is 111 Å². The van der Waals surface area contributed by atoms with Gasteiger partial charge in [-0.2, -0.15) is 0 Å². The van der Waals surface area contributed by atoms with Crippen molar-refractivity contribution in [3.8, 4) is 5.75 Å². The molecule has 0 amide bonds. The van der Waals surface area contributed by atoms with Gasteiger partial charge in [0.15, 0.2) is 0 Å². The van der Waals surface area contributed by atoms with Crippen molar-refractivity contribution in [2.45, 2.75) is 13.1 Å². The molecular weight excluding hydrogens is 236 g/mol. The highest BCUT2D eigenvalue weighted by Gasteiger charge is 2.03. The van der Waals surface area contributed by atoms with Crippen LogP contribution in [0.2, 0.25) is 0 Å². The van der Waals surface area contributed by atoms with Gasteiger partial charge in [-0.3, -0.25) is 0 Å². The fraction of sp³-hybridized carbons (Fsp3) is 0.125. The molecular formula is C16H16N2O. The third kappa shape index (κ3) is 2.46. The molecule has 0 bridgehead atoms. The number of para-hydroxylation sites is 2. The van der Waals surface area contributed by atoms with Crippen LogP contribution < -0.4 is 5.32 Å². The molecule has 0 saturated carbocycles. The minimum absolute atomic E-state index is 0.342. The SMILES string of the molecule is Oc1ccccc1CNCc1c[nH]c2ccccc12. The predicted octanol–water partition coefficient (Wildman–Crippen LogP) is 3.16. The Bertz CT molecular complexity index is 688. The average molecular weight is 252 g/mol. The third-order valence-electron chi connectivity index (χ3n) is 3.30. The molecule has 0 radical (unpaired) electrons. The number of phenolic OH excluding ortho intramolecular Hbond substituents is 1. The van der Waals surface area contributed by atoms with Crippen LogP contribution in [0.3, 0.4) is 0 Å². The monoisotopic (exact) mass is 252 g/mol. The molecule has 3 rings (SSSR count). The molecule has 0 fully saturated rings. The van der Waals surface area contributed by atoms with Gasteiger partial charge in [-0.25, -0.2) is 0 Å². The van der Waals surface area contributed by atoms with Gasteiger partial charge in [-0.1, -0.05) is 36.4 Å². The van der Waals surface area contributed by atoms with Crippen LogP contribution in [-0.2, 0) is 13.1 Å². The number of benzene rings is 2. The van der Waals surface area contributed by atoms with Crippen molar-refractivity contribution in [2.24, 2.45) is 0 Å². The van der Waals surface area contributed by atoms with Gasteiger partial charge in [-0.05, 0) is 17.7 Å². The van der Waals surface area contributed by atoms with Crippen molar-refractivity contribution in [1.82, 2.24) is 10.3 Å². The first-order chi connectivity index (χ1) is 9.34. The highest BCUT2D eigenvalue weighted by molar-refractivity contribution is 5.82. The van der Waals surface area contributed by atoms with Crippen LogP contribution in [0.4, 0.5) is 0 Å². The molecule has 3 N–H and O–H groups in total. The number of phenols is 1. The number of aromatic amines is 1. The van der Waals surface area contributed by atoms with Gasteiger partial charge in [0, 0.05) is 35.8 Å². The van der Waals surface area contributed by atoms with Crippen molar-refractivity contribution >= 4 is 10.9 Å². The zero-order valence-corrected chi connectivity index (χ0v) is 10.6. The summed E-state index contributed by atoms with van der Waals surface area (Å²) < 4.78 is 0. The second-order valence-corrected chi connectivity index (χ2v) is 4.59. The number of hydrogen-bond acceptors (Lipinski definition) is 2. The molecule has 0 spiro atoms. The Morgan fingerprint density at radius 1 is 0.895 bits per heavy atom. The van der Waals surface area contributed by atoms with Crippen LogP contribution in [0, 0.1) is 0 Å². The molecule has 96 valence electrons. The molecule has 0 saturated heterocycles. The molecule has 0 atom stereocenters. The van der Waals surface area contributed by atoms with E-state index in [1.54, 1.807) is 6.07 Å². The molecule has 0 aliphatic rings. The summed E-state index contributed by atoms with van der Waals surface area (Å²) in [7, 11) is 0. The number of rotatable bonds is 4. The first-order valence-corrected chi connectivity index (χ1v) is 6.37. The second kappa shape index (κ2) is 5.16. The molecule has 3 heteroatoms. The number of nitrogens with one attached hydrogen (secondary N) is 2. The Hall–Kier alpha value is -2.26. The maximum atomic E-state index is 9.69. The van der Waals surface area contributed by atoms with E-state index < -0.39 is 0 Å². The Balaban J connectivity index is 1.68. The van der Waals surface area contributed by atoms with Gasteiger partial charge >= 0.3 is 0 Å². The topological polar surface area (TPSA) is 48.0 Å². The molecule has 0 aliphatic heterocycles. The van der Waals surface area contributed by atoms with Gasteiger partial charge in [0.1, 0.15) is 5.75 Å². The van der Waals surface area contributed by atoms with Crippen LogP contribution in [0.1, 0.15) is 11.1 Å². The highest BCUT2D eigenvalue weighted by Crippen LogP contribution is 2.18. The van der Waals surface area contributed by atoms with Crippen molar-refractivity contribution < 1.29 is 5.11 Å². The van der Waals surface area contributed by atoms with Crippen molar-refractivity contribution in [1.29, 1.82) is 0 Å². The van der Waals surface area contributed by atoms with Crippen LogP contribution in [0.25, 0.3) is 10.9 Å². The fourth-order valence-electron chi connectivity index (χ4n) is 2.27. The molecule has 1 aromatic heterocycles. The number of H-pyrrole nitrogens is 1. The molecule has 3 aromatic rings. The summed E-state index contributed by atoms with van der Waals surface area (Å²) in [6, 6.07) is 15.7. The van der Waals surface area contributed by atoms with Gasteiger partial charge in [0.25, 0.3) is 0 Å². The first-order valence-electron chi connectivity index (χ1n) is 6.37. The fourth-order valence-corrected chi connectivity index (χ4v) is 2.27. The molecule has 0 aliphatic carbocycles. The molecule has 3 nitrogen and oxygen atoms in total. The van der Waals surface area contributed by atoms with Gasteiger partial charge < -0.3 is 15.4 Å². The number of aromatic nitrogens is 1. The highest BCUT2D eigenvalue weighted by atomic mass is 16.3. The second-order valence-electron chi connectivity index (χ2n) is 4.59. The quantitative estimate of drug-likeness (QED) is 0.668. The molecule has 19 heavy (non-hydrogen) atoms. The van der Waals surface area contributed by atoms with Crippen LogP contribution in [0.15, 0.2) is 54.7 Å². The van der Waals surface area contributed by atoms with Gasteiger partial charge in [-0.15, -0.1) is 0 Å². The van der Waals surface area contributed by atoms with Crippen LogP contribution in [-0.4, -0.2) is 10.1 Å². The summed E-state index contributed by atoms with van der Waals surface area (Å²) in [6.07, 6.45) is 2.03. The Morgan fingerprint density at radius 3 is 2.53 bits per heavy atom. The Morgan fingerprint density at radius 2 is 1.63 bits per heavy atom. The predicted molar refractivity (Wildman–Crippen MR) is 76.9 cm³/mol. The van der Waals surface area contributed by atoms with Gasteiger partial charge in [0.05, 0.1) is 0 Å². The van der Waals surface area contributed by atoms with Crippen molar-refractivity contribution in [3.63, 3.8) is 0 Å². The van der Waals surface area contributed by atoms with E-state index in [2.05, 4.69) is 22.4 Å². The zero-order valence-electron chi connectivity index (χ0n) is 10.6. The Kier molecular flexibility index (Phi) is 3.21. The molecule has 2 aromatic carbocycles. The van der Waals surface area contributed by atoms with Crippen molar-refractivity contribution in [2.75, 3.05) is 0 Å². The summed E-state index contributed by atoms with van der Waals surface area (Å²) in [5.74, 6) is 0.342. The average Bonchev–Trinajstić information content (AvgIpc) is 2.85. The number of aromatic hydroxyl groups is 1. The lowest BCUT2D eigenvalue weighted by atomic mass is 10.1. The summed E-state index contributed by atoms with van der Waals surface area (Å²) in [6.45, 7) is 1.44. The van der Waals surface area contributed by atoms with E-state index >= 15 is 0 Å². The van der Waals surface area contributed by atoms with E-state index in [1.165, 1.54) is 10.9 Å². The van der Waals surface area contributed by atoms with E-state index in [0.717, 1.165) is 17.6 Å². The first kappa shape index (κ1) is 11.8. The summed E-state index contributed by atoms with van der Waals surface area (Å²) in [5, 5.41) is 14.3. The lowest BCUT2D eigenvalue weighted by molar-refractivity contribution is 0.464. The third-order valence-corrected chi connectivity index (χ3v) is 3.30. The van der Waals surface area contributed by atoms with Crippen LogP contribution in [0.5, 0.6) is 5.75 Å². The van der Waals surface area contributed by atoms with E-state index in [0.29, 0.717) is 12.3 Å². The van der Waals surface area contributed by atoms with E-state index in [1.807, 2.05) is 36.5 Å². The number of hydrogen-bond donors (Lipinski definition) is 3. The number of fused-ring (bicyclic) bond motifs is 1. The smallest absolute Gasteiger partial charge is 0.120 e. The van der Waals surface area contributed by atoms with E-state index in [4.69, 9.17) is 0 Å². The minimum atomic E-state index is 0.342. The normalized spacial score (nSPS) is 10.9. The zero-order chi connectivity index (χ0) is 13.1. The maximum Gasteiger partial charge on any atom is 0.120 e. The lowest BCUT2D eigenvalue weighted by Crippen LogP contribution is -2.12. The molecule has 1 heterocycles. The molecule has 0 unspecified atom stereocenters. The van der Waals surface area contributed by atoms with Crippen molar-refractivity contribution in [3.05, 3.63) is 65.9 Å². The van der Waals surface area contributed by atoms with Crippen LogP contribution >= 0.6 is 0 Å². The van der Waals surface area contributed by atoms with Gasteiger partial charge in [0.2, 0.25) is 0 Å². The van der Waals surface area contributed by atoms with E-state index in [-0.39, 0.29) is 0 Å². The summed E-state index contributed by atoms with van der Waals surface area (Å²) in [4.78, 5) is 3.26. The minimum Gasteiger partial charge on any atom is -0.508 e. The summed E-state index contributed by atoms with van der Waals surface area (Å²) >= 11 is 0. The largest absolute Gasteiger partial charge is 0.508 e. The lowest BCUT2D eigenvalue weighted by Gasteiger charge is -2.06. The standard InChI is InChI=1S/C16H16N2O/c19-16-8-4-1-5-12(16)9-17-10-13-11-18-15-7-3-2-6-14(13)15/h1-8,11,17-19H,9-10H2.